The molecule has 2 N–H and O–H groups in total. The van der Waals surface area contributed by atoms with Gasteiger partial charge in [0.1, 0.15) is 5.82 Å². The summed E-state index contributed by atoms with van der Waals surface area (Å²) in [5.74, 6) is -0.741. The summed E-state index contributed by atoms with van der Waals surface area (Å²) < 4.78 is 13.3. The smallest absolute Gasteiger partial charge is 0.254 e. The molecular weight excluding hydrogens is 278 g/mol. The third kappa shape index (κ3) is 2.94. The van der Waals surface area contributed by atoms with E-state index in [9.17, 15) is 9.18 Å². The number of nitrogens with zero attached hydrogens (tertiary/aromatic N) is 1. The highest BCUT2D eigenvalue weighted by atomic mass is 35.5. The molecule has 0 bridgehead atoms. The van der Waals surface area contributed by atoms with Crippen LogP contribution in [0.3, 0.4) is 0 Å². The Morgan fingerprint density at radius 1 is 1.56 bits per heavy atom. The first-order valence-corrected chi connectivity index (χ1v) is 5.97. The Bertz CT molecular complexity index is 442. The number of carbonyl (C=O) groups excluding carboxylic acids is 1. The van der Waals surface area contributed by atoms with Gasteiger partial charge in [-0.2, -0.15) is 0 Å². The maximum Gasteiger partial charge on any atom is 0.254 e. The number of carbonyl (C=O) groups is 1. The third-order valence-corrected chi connectivity index (χ3v) is 3.38. The minimum atomic E-state index is -0.569. The van der Waals surface area contributed by atoms with E-state index in [1.807, 2.05) is 0 Å². The Kier molecular flexibility index (Phi) is 5.38. The summed E-state index contributed by atoms with van der Waals surface area (Å²) >= 11 is 5.58. The van der Waals surface area contributed by atoms with Crippen molar-refractivity contribution in [2.45, 2.75) is 18.9 Å². The zero-order valence-corrected chi connectivity index (χ0v) is 11.3. The molecule has 1 amide bonds. The molecule has 1 unspecified atom stereocenters. The molecule has 1 atom stereocenters. The maximum atomic E-state index is 13.3. The SMILES string of the molecule is Cl.NCC1CCCN1C(=O)c1ccc(Cl)c(F)c1. The van der Waals surface area contributed by atoms with Crippen molar-refractivity contribution in [2.24, 2.45) is 5.73 Å². The first kappa shape index (κ1) is 15.2. The number of benzene rings is 1. The highest BCUT2D eigenvalue weighted by molar-refractivity contribution is 6.30. The van der Waals surface area contributed by atoms with Gasteiger partial charge < -0.3 is 10.6 Å². The van der Waals surface area contributed by atoms with Crippen LogP contribution in [0, 0.1) is 5.82 Å². The maximum absolute atomic E-state index is 13.3. The quantitative estimate of drug-likeness (QED) is 0.910. The van der Waals surface area contributed by atoms with Crippen LogP contribution in [0.25, 0.3) is 0 Å². The monoisotopic (exact) mass is 292 g/mol. The molecule has 18 heavy (non-hydrogen) atoms. The van der Waals surface area contributed by atoms with Gasteiger partial charge in [-0.05, 0) is 31.0 Å². The molecule has 0 aromatic heterocycles. The van der Waals surface area contributed by atoms with Crippen LogP contribution in [0.4, 0.5) is 4.39 Å². The molecule has 3 nitrogen and oxygen atoms in total. The van der Waals surface area contributed by atoms with Crippen molar-refractivity contribution in [3.05, 3.63) is 34.6 Å². The van der Waals surface area contributed by atoms with Crippen molar-refractivity contribution in [3.63, 3.8) is 0 Å². The summed E-state index contributed by atoms with van der Waals surface area (Å²) in [5.41, 5.74) is 5.93. The van der Waals surface area contributed by atoms with E-state index in [2.05, 4.69) is 0 Å². The zero-order valence-electron chi connectivity index (χ0n) is 9.73. The van der Waals surface area contributed by atoms with Crippen LogP contribution in [0.1, 0.15) is 23.2 Å². The standard InChI is InChI=1S/C12H14ClFN2O.ClH/c13-10-4-3-8(6-11(10)14)12(17)16-5-1-2-9(16)7-15;/h3-4,6,9H,1-2,5,7,15H2;1H. The van der Waals surface area contributed by atoms with Gasteiger partial charge in [-0.3, -0.25) is 4.79 Å². The predicted octanol–water partition coefficient (Wildman–Crippen LogP) is 2.46. The molecule has 6 heteroatoms. The van der Waals surface area contributed by atoms with Crippen LogP contribution >= 0.6 is 24.0 Å². The molecule has 100 valence electrons. The van der Waals surface area contributed by atoms with Gasteiger partial charge in [-0.1, -0.05) is 11.6 Å². The number of rotatable bonds is 2. The molecule has 2 rings (SSSR count). The fraction of sp³-hybridized carbons (Fsp3) is 0.417. The second-order valence-electron chi connectivity index (χ2n) is 4.16. The van der Waals surface area contributed by atoms with Gasteiger partial charge in [-0.25, -0.2) is 4.39 Å². The Morgan fingerprint density at radius 2 is 2.28 bits per heavy atom. The molecule has 1 aliphatic rings. The molecule has 1 aromatic carbocycles. The van der Waals surface area contributed by atoms with Crippen LogP contribution in [0.5, 0.6) is 0 Å². The molecule has 0 radical (unpaired) electrons. The van der Waals surface area contributed by atoms with E-state index in [1.165, 1.54) is 12.1 Å². The lowest BCUT2D eigenvalue weighted by Crippen LogP contribution is -2.39. The zero-order chi connectivity index (χ0) is 12.4. The fourth-order valence-electron chi connectivity index (χ4n) is 2.14. The second-order valence-corrected chi connectivity index (χ2v) is 4.57. The lowest BCUT2D eigenvalue weighted by Gasteiger charge is -2.23. The van der Waals surface area contributed by atoms with Gasteiger partial charge in [0.15, 0.2) is 0 Å². The summed E-state index contributed by atoms with van der Waals surface area (Å²) in [4.78, 5) is 13.9. The van der Waals surface area contributed by atoms with Crippen LogP contribution in [0.15, 0.2) is 18.2 Å². The Morgan fingerprint density at radius 3 is 2.89 bits per heavy atom. The van der Waals surface area contributed by atoms with Gasteiger partial charge in [0.2, 0.25) is 0 Å². The average Bonchev–Trinajstić information content (AvgIpc) is 2.80. The summed E-state index contributed by atoms with van der Waals surface area (Å²) in [7, 11) is 0. The van der Waals surface area contributed by atoms with E-state index in [1.54, 1.807) is 11.0 Å². The van der Waals surface area contributed by atoms with Crippen LogP contribution in [-0.4, -0.2) is 29.9 Å². The molecule has 1 heterocycles. The average molecular weight is 293 g/mol. The molecule has 1 aliphatic heterocycles. The number of amides is 1. The first-order valence-electron chi connectivity index (χ1n) is 5.59. The van der Waals surface area contributed by atoms with Gasteiger partial charge in [0.05, 0.1) is 5.02 Å². The Balaban J connectivity index is 0.00000162. The van der Waals surface area contributed by atoms with Crippen molar-refractivity contribution < 1.29 is 9.18 Å². The van der Waals surface area contributed by atoms with Crippen molar-refractivity contribution in [1.82, 2.24) is 4.90 Å². The predicted molar refractivity (Wildman–Crippen MR) is 71.8 cm³/mol. The normalized spacial score (nSPS) is 18.6. The number of hydrogen-bond acceptors (Lipinski definition) is 2. The number of nitrogens with two attached hydrogens (primary N) is 1. The van der Waals surface area contributed by atoms with Crippen LogP contribution < -0.4 is 5.73 Å². The largest absolute Gasteiger partial charge is 0.334 e. The van der Waals surface area contributed by atoms with E-state index in [-0.39, 0.29) is 29.4 Å². The molecule has 1 aromatic rings. The summed E-state index contributed by atoms with van der Waals surface area (Å²) in [6.07, 6.45) is 1.86. The molecule has 0 aliphatic carbocycles. The Hall–Kier alpha value is -0.840. The lowest BCUT2D eigenvalue weighted by atomic mass is 10.1. The van der Waals surface area contributed by atoms with Gasteiger partial charge in [-0.15, -0.1) is 12.4 Å². The molecular formula is C12H15Cl2FN2O. The fourth-order valence-corrected chi connectivity index (χ4v) is 2.26. The molecule has 1 fully saturated rings. The highest BCUT2D eigenvalue weighted by Crippen LogP contribution is 2.21. The first-order chi connectivity index (χ1) is 8.13. The Labute approximate surface area is 116 Å². The van der Waals surface area contributed by atoms with E-state index < -0.39 is 5.82 Å². The molecule has 0 spiro atoms. The van der Waals surface area contributed by atoms with Gasteiger partial charge in [0.25, 0.3) is 5.91 Å². The van der Waals surface area contributed by atoms with E-state index in [0.29, 0.717) is 18.7 Å². The number of halogens is 3. The van der Waals surface area contributed by atoms with E-state index >= 15 is 0 Å². The minimum absolute atomic E-state index is 0. The molecule has 0 saturated carbocycles. The van der Waals surface area contributed by atoms with Gasteiger partial charge >= 0.3 is 0 Å². The van der Waals surface area contributed by atoms with Crippen LogP contribution in [-0.2, 0) is 0 Å². The van der Waals surface area contributed by atoms with Crippen molar-refractivity contribution >= 4 is 29.9 Å². The number of likely N-dealkylation sites (tertiary alicyclic amines) is 1. The van der Waals surface area contributed by atoms with E-state index in [4.69, 9.17) is 17.3 Å². The summed E-state index contributed by atoms with van der Waals surface area (Å²) in [5, 5.41) is 0.0262. The minimum Gasteiger partial charge on any atom is -0.334 e. The lowest BCUT2D eigenvalue weighted by molar-refractivity contribution is 0.0740. The van der Waals surface area contributed by atoms with Crippen molar-refractivity contribution in [2.75, 3.05) is 13.1 Å². The van der Waals surface area contributed by atoms with Gasteiger partial charge in [0, 0.05) is 24.7 Å². The van der Waals surface area contributed by atoms with Crippen molar-refractivity contribution in [1.29, 1.82) is 0 Å². The number of hydrogen-bond donors (Lipinski definition) is 1. The van der Waals surface area contributed by atoms with E-state index in [0.717, 1.165) is 12.8 Å². The second kappa shape index (κ2) is 6.36. The molecule has 1 saturated heterocycles. The topological polar surface area (TPSA) is 46.3 Å². The summed E-state index contributed by atoms with van der Waals surface area (Å²) in [6, 6.07) is 4.19. The highest BCUT2D eigenvalue weighted by Gasteiger charge is 2.28. The van der Waals surface area contributed by atoms with Crippen molar-refractivity contribution in [3.8, 4) is 0 Å². The van der Waals surface area contributed by atoms with Crippen LogP contribution in [0.2, 0.25) is 5.02 Å². The third-order valence-electron chi connectivity index (χ3n) is 3.08. The summed E-state index contributed by atoms with van der Waals surface area (Å²) in [6.45, 7) is 1.13.